The normalized spacial score (nSPS) is 18.4. The molecule has 0 fully saturated rings. The van der Waals surface area contributed by atoms with Crippen LogP contribution in [0.5, 0.6) is 0 Å². The Morgan fingerprint density at radius 3 is 2.27 bits per heavy atom. The number of hydrogen-bond acceptors (Lipinski definition) is 4. The fourth-order valence-corrected chi connectivity index (χ4v) is 4.31. The minimum Gasteiger partial charge on any atom is -0.748 e. The van der Waals surface area contributed by atoms with Gasteiger partial charge in [-0.15, -0.1) is 0 Å². The first-order chi connectivity index (χ1) is 13.9. The number of halogens is 4. The van der Waals surface area contributed by atoms with Crippen LogP contribution >= 0.6 is 0 Å². The standard InChI is InChI=1S/C19H23F4NO5S/c1-19(8-4-6-10-30(27,28)29)11-24(9-5-2-3-7-12(25)26)18-13(19)14(20)15(21)16(22)17(18)23/h11H,2-10H2,1H3,(H-,25,26,27,28,29). The number of carbonyl (C=O) groups is 1. The minimum absolute atomic E-state index is 0.00639. The summed E-state index contributed by atoms with van der Waals surface area (Å²) in [5, 5.41) is 8.66. The van der Waals surface area contributed by atoms with Crippen molar-refractivity contribution in [2.24, 2.45) is 0 Å². The van der Waals surface area contributed by atoms with Crippen LogP contribution in [0.1, 0.15) is 57.4 Å². The van der Waals surface area contributed by atoms with Crippen LogP contribution in [-0.4, -0.2) is 47.1 Å². The molecular weight excluding hydrogens is 430 g/mol. The monoisotopic (exact) mass is 453 g/mol. The molecule has 6 nitrogen and oxygen atoms in total. The maximum absolute atomic E-state index is 14.6. The number of aliphatic carboxylic acids is 1. The Hall–Kier alpha value is -2.01. The SMILES string of the molecule is CC1(CCCCS(=O)(=O)[O-])C=[N+](CCCCCC(=O)O)c2c(F)c(F)c(F)c(F)c21. The smallest absolute Gasteiger partial charge is 0.303 e. The first kappa shape index (κ1) is 24.3. The van der Waals surface area contributed by atoms with E-state index in [1.807, 2.05) is 0 Å². The maximum Gasteiger partial charge on any atom is 0.303 e. The zero-order valence-electron chi connectivity index (χ0n) is 16.4. The van der Waals surface area contributed by atoms with E-state index in [1.165, 1.54) is 17.7 Å². The van der Waals surface area contributed by atoms with Crippen LogP contribution in [0, 0.1) is 23.3 Å². The van der Waals surface area contributed by atoms with E-state index in [0.29, 0.717) is 19.3 Å². The zero-order chi connectivity index (χ0) is 22.7. The Bertz CT molecular complexity index is 964. The second-order valence-electron chi connectivity index (χ2n) is 7.64. The molecule has 1 aliphatic heterocycles. The lowest BCUT2D eigenvalue weighted by Crippen LogP contribution is -2.24. The highest BCUT2D eigenvalue weighted by atomic mass is 32.2. The van der Waals surface area contributed by atoms with Gasteiger partial charge in [0.15, 0.2) is 17.8 Å². The van der Waals surface area contributed by atoms with Gasteiger partial charge in [-0.2, -0.15) is 8.97 Å². The molecule has 0 aromatic heterocycles. The van der Waals surface area contributed by atoms with Gasteiger partial charge in [0.05, 0.1) is 21.1 Å². The van der Waals surface area contributed by atoms with Gasteiger partial charge in [-0.05, 0) is 32.6 Å². The van der Waals surface area contributed by atoms with E-state index in [-0.39, 0.29) is 37.8 Å². The molecule has 0 spiro atoms. The van der Waals surface area contributed by atoms with Gasteiger partial charge in [-0.25, -0.2) is 21.6 Å². The van der Waals surface area contributed by atoms with Crippen molar-refractivity contribution in [2.45, 2.75) is 57.3 Å². The van der Waals surface area contributed by atoms with E-state index >= 15 is 0 Å². The van der Waals surface area contributed by atoms with Crippen molar-refractivity contribution in [3.63, 3.8) is 0 Å². The number of nitrogens with zero attached hydrogens (tertiary/aromatic N) is 1. The van der Waals surface area contributed by atoms with Crippen LogP contribution in [0.4, 0.5) is 23.2 Å². The van der Waals surface area contributed by atoms with Gasteiger partial charge >= 0.3 is 5.97 Å². The molecule has 0 bridgehead atoms. The summed E-state index contributed by atoms with van der Waals surface area (Å²) >= 11 is 0. The van der Waals surface area contributed by atoms with Crippen LogP contribution in [0.2, 0.25) is 0 Å². The second-order valence-corrected chi connectivity index (χ2v) is 9.17. The van der Waals surface area contributed by atoms with E-state index in [0.717, 1.165) is 0 Å². The van der Waals surface area contributed by atoms with E-state index in [1.54, 1.807) is 0 Å². The Kier molecular flexibility index (Phi) is 7.62. The number of unbranched alkanes of at least 4 members (excludes halogenated alkanes) is 3. The summed E-state index contributed by atoms with van der Waals surface area (Å²) in [6.07, 6.45) is 2.94. The summed E-state index contributed by atoms with van der Waals surface area (Å²) in [7, 11) is -4.42. The molecule has 168 valence electrons. The third kappa shape index (κ3) is 5.57. The fourth-order valence-electron chi connectivity index (χ4n) is 3.76. The molecule has 11 heteroatoms. The highest BCUT2D eigenvalue weighted by Crippen LogP contribution is 2.44. The minimum atomic E-state index is -4.42. The van der Waals surface area contributed by atoms with Crippen LogP contribution < -0.4 is 0 Å². The molecule has 30 heavy (non-hydrogen) atoms. The van der Waals surface area contributed by atoms with Gasteiger partial charge in [0.2, 0.25) is 11.6 Å². The molecule has 0 amide bonds. The summed E-state index contributed by atoms with van der Waals surface area (Å²) < 4.78 is 90.4. The Balaban J connectivity index is 2.27. The molecule has 0 radical (unpaired) electrons. The van der Waals surface area contributed by atoms with Crippen LogP contribution in [0.15, 0.2) is 0 Å². The Morgan fingerprint density at radius 2 is 1.67 bits per heavy atom. The third-order valence-electron chi connectivity index (χ3n) is 5.17. The summed E-state index contributed by atoms with van der Waals surface area (Å²) in [6, 6.07) is 0. The quantitative estimate of drug-likeness (QED) is 0.138. The highest BCUT2D eigenvalue weighted by Gasteiger charge is 2.47. The van der Waals surface area contributed by atoms with E-state index < -0.39 is 56.2 Å². The predicted molar refractivity (Wildman–Crippen MR) is 99.0 cm³/mol. The number of carboxylic acid groups (broad SMARTS) is 1. The average Bonchev–Trinajstić information content (AvgIpc) is 2.93. The number of fused-ring (bicyclic) bond motifs is 1. The number of carboxylic acids is 1. The van der Waals surface area contributed by atoms with Gasteiger partial charge in [-0.1, -0.05) is 6.42 Å². The van der Waals surface area contributed by atoms with Crippen molar-refractivity contribution >= 4 is 28.0 Å². The fraction of sp³-hybridized carbons (Fsp3) is 0.579. The maximum atomic E-state index is 14.6. The first-order valence-corrected chi connectivity index (χ1v) is 11.1. The van der Waals surface area contributed by atoms with Gasteiger partial charge in [0.25, 0.3) is 5.69 Å². The Labute approximate surface area is 172 Å². The molecule has 1 atom stereocenters. The van der Waals surface area contributed by atoms with Gasteiger partial charge in [0, 0.05) is 18.6 Å². The largest absolute Gasteiger partial charge is 0.748 e. The number of hydrogen-bond donors (Lipinski definition) is 1. The summed E-state index contributed by atoms with van der Waals surface area (Å²) in [5.41, 5.74) is -2.00. The van der Waals surface area contributed by atoms with E-state index in [2.05, 4.69) is 0 Å². The molecule has 0 aliphatic carbocycles. The second kappa shape index (κ2) is 9.42. The van der Waals surface area contributed by atoms with Crippen molar-refractivity contribution in [2.75, 3.05) is 12.3 Å². The van der Waals surface area contributed by atoms with Crippen molar-refractivity contribution in [3.05, 3.63) is 28.8 Å². The van der Waals surface area contributed by atoms with E-state index in [4.69, 9.17) is 5.11 Å². The van der Waals surface area contributed by atoms with Crippen molar-refractivity contribution in [1.29, 1.82) is 0 Å². The van der Waals surface area contributed by atoms with Crippen LogP contribution in [0.3, 0.4) is 0 Å². The topological polar surface area (TPSA) is 97.5 Å². The molecule has 0 saturated carbocycles. The predicted octanol–water partition coefficient (Wildman–Crippen LogP) is 3.59. The first-order valence-electron chi connectivity index (χ1n) is 9.52. The van der Waals surface area contributed by atoms with Crippen LogP contribution in [0.25, 0.3) is 0 Å². The lowest BCUT2D eigenvalue weighted by atomic mass is 9.79. The van der Waals surface area contributed by atoms with E-state index in [9.17, 15) is 35.3 Å². The van der Waals surface area contributed by atoms with Gasteiger partial charge in [0.1, 0.15) is 6.54 Å². The third-order valence-corrected chi connectivity index (χ3v) is 5.96. The average molecular weight is 453 g/mol. The molecule has 0 saturated heterocycles. The Morgan fingerprint density at radius 1 is 1.03 bits per heavy atom. The molecule has 1 unspecified atom stereocenters. The lowest BCUT2D eigenvalue weighted by molar-refractivity contribution is -0.436. The molecule has 1 aliphatic rings. The summed E-state index contributed by atoms with van der Waals surface area (Å²) in [4.78, 5) is 10.6. The van der Waals surface area contributed by atoms with Crippen molar-refractivity contribution in [1.82, 2.24) is 0 Å². The van der Waals surface area contributed by atoms with Crippen molar-refractivity contribution < 1.29 is 45.0 Å². The number of rotatable bonds is 11. The highest BCUT2D eigenvalue weighted by molar-refractivity contribution is 7.85. The summed E-state index contributed by atoms with van der Waals surface area (Å²) in [5.74, 6) is -8.43. The summed E-state index contributed by atoms with van der Waals surface area (Å²) in [6.45, 7) is 1.64. The molecule has 1 heterocycles. The van der Waals surface area contributed by atoms with Crippen molar-refractivity contribution in [3.8, 4) is 0 Å². The molecule has 1 N–H and O–H groups in total. The van der Waals surface area contributed by atoms with Gasteiger partial charge in [-0.3, -0.25) is 4.79 Å². The number of benzene rings is 1. The lowest BCUT2D eigenvalue weighted by Gasteiger charge is -2.20. The molecular formula is C19H23F4NO5S. The zero-order valence-corrected chi connectivity index (χ0v) is 17.2. The van der Waals surface area contributed by atoms with Gasteiger partial charge < -0.3 is 9.66 Å². The molecule has 1 aromatic carbocycles. The molecule has 1 aromatic rings. The van der Waals surface area contributed by atoms with Crippen LogP contribution in [-0.2, 0) is 20.3 Å². The molecule has 2 rings (SSSR count).